The molecule has 2 N–H and O–H groups in total. The molecule has 0 saturated carbocycles. The van der Waals surface area contributed by atoms with Crippen LogP contribution in [0.25, 0.3) is 10.8 Å². The fourth-order valence-corrected chi connectivity index (χ4v) is 2.35. The van der Waals surface area contributed by atoms with Crippen LogP contribution in [0.15, 0.2) is 42.5 Å². The molecule has 5 heteroatoms. The van der Waals surface area contributed by atoms with E-state index in [0.717, 1.165) is 10.8 Å². The van der Waals surface area contributed by atoms with Gasteiger partial charge in [0.15, 0.2) is 0 Å². The Kier molecular flexibility index (Phi) is 4.74. The average molecular weight is 296 g/mol. The van der Waals surface area contributed by atoms with Crippen LogP contribution in [0.1, 0.15) is 23.7 Å². The van der Waals surface area contributed by atoms with Gasteiger partial charge in [0.25, 0.3) is 5.91 Å². The van der Waals surface area contributed by atoms with Gasteiger partial charge in [0.1, 0.15) is 6.04 Å². The number of carbonyl (C=O) groups is 2. The lowest BCUT2D eigenvalue weighted by Crippen LogP contribution is -2.45. The molecular formula is C17H16N2O3. The van der Waals surface area contributed by atoms with Crippen LogP contribution in [0.3, 0.4) is 0 Å². The third-order valence-electron chi connectivity index (χ3n) is 3.57. The van der Waals surface area contributed by atoms with Gasteiger partial charge < -0.3 is 10.4 Å². The number of hydrogen-bond acceptors (Lipinski definition) is 3. The summed E-state index contributed by atoms with van der Waals surface area (Å²) in [5.41, 5.74) is 0.425. The van der Waals surface area contributed by atoms with Crippen molar-refractivity contribution in [3.8, 4) is 6.07 Å². The number of hydrogen-bond donors (Lipinski definition) is 2. The topological polar surface area (TPSA) is 90.2 Å². The van der Waals surface area contributed by atoms with E-state index < -0.39 is 23.8 Å². The van der Waals surface area contributed by atoms with Crippen LogP contribution in [-0.4, -0.2) is 23.0 Å². The zero-order valence-electron chi connectivity index (χ0n) is 12.1. The van der Waals surface area contributed by atoms with E-state index in [9.17, 15) is 14.7 Å². The Bertz CT molecular complexity index is 744. The number of amides is 1. The van der Waals surface area contributed by atoms with Crippen molar-refractivity contribution in [3.63, 3.8) is 0 Å². The monoisotopic (exact) mass is 296 g/mol. The smallest absolute Gasteiger partial charge is 0.326 e. The Morgan fingerprint density at radius 2 is 1.91 bits per heavy atom. The van der Waals surface area contributed by atoms with Crippen LogP contribution in [-0.2, 0) is 4.79 Å². The molecule has 0 aromatic heterocycles. The minimum absolute atomic E-state index is 0.0623. The van der Waals surface area contributed by atoms with Crippen molar-refractivity contribution in [3.05, 3.63) is 48.0 Å². The van der Waals surface area contributed by atoms with Crippen molar-refractivity contribution in [2.75, 3.05) is 0 Å². The van der Waals surface area contributed by atoms with E-state index in [1.54, 1.807) is 19.1 Å². The van der Waals surface area contributed by atoms with Crippen molar-refractivity contribution < 1.29 is 14.7 Å². The molecule has 0 aliphatic heterocycles. The van der Waals surface area contributed by atoms with E-state index in [1.807, 2.05) is 36.4 Å². The highest BCUT2D eigenvalue weighted by atomic mass is 16.4. The van der Waals surface area contributed by atoms with Gasteiger partial charge in [0, 0.05) is 17.9 Å². The zero-order valence-corrected chi connectivity index (χ0v) is 12.1. The zero-order chi connectivity index (χ0) is 16.1. The quantitative estimate of drug-likeness (QED) is 0.887. The summed E-state index contributed by atoms with van der Waals surface area (Å²) in [7, 11) is 0. The highest BCUT2D eigenvalue weighted by Crippen LogP contribution is 2.19. The third kappa shape index (κ3) is 3.23. The number of nitriles is 1. The molecule has 0 aliphatic carbocycles. The van der Waals surface area contributed by atoms with Crippen LogP contribution in [0.5, 0.6) is 0 Å². The van der Waals surface area contributed by atoms with E-state index in [0.29, 0.717) is 5.56 Å². The highest BCUT2D eigenvalue weighted by molar-refractivity contribution is 6.07. The number of aliphatic carboxylic acids is 1. The summed E-state index contributed by atoms with van der Waals surface area (Å²) in [6.07, 6.45) is 0.0623. The maximum atomic E-state index is 12.4. The number of nitrogens with zero attached hydrogens (tertiary/aromatic N) is 1. The Hall–Kier alpha value is -2.87. The van der Waals surface area contributed by atoms with Crippen LogP contribution in [0, 0.1) is 17.2 Å². The van der Waals surface area contributed by atoms with Gasteiger partial charge in [-0.1, -0.05) is 43.3 Å². The molecule has 2 atom stereocenters. The summed E-state index contributed by atoms with van der Waals surface area (Å²) in [6.45, 7) is 1.63. The Balaban J connectivity index is 2.30. The van der Waals surface area contributed by atoms with Gasteiger partial charge >= 0.3 is 5.97 Å². The molecule has 0 bridgehead atoms. The molecule has 5 nitrogen and oxygen atoms in total. The van der Waals surface area contributed by atoms with E-state index in [4.69, 9.17) is 5.26 Å². The maximum absolute atomic E-state index is 12.4. The summed E-state index contributed by atoms with van der Waals surface area (Å²) in [5, 5.41) is 22.2. The van der Waals surface area contributed by atoms with E-state index in [2.05, 4.69) is 5.32 Å². The van der Waals surface area contributed by atoms with E-state index >= 15 is 0 Å². The molecule has 22 heavy (non-hydrogen) atoms. The first-order valence-electron chi connectivity index (χ1n) is 6.93. The van der Waals surface area contributed by atoms with Gasteiger partial charge in [-0.15, -0.1) is 0 Å². The van der Waals surface area contributed by atoms with Gasteiger partial charge in [0.05, 0.1) is 6.07 Å². The number of carboxylic acid groups (broad SMARTS) is 1. The lowest BCUT2D eigenvalue weighted by Gasteiger charge is -2.19. The van der Waals surface area contributed by atoms with Crippen molar-refractivity contribution in [2.45, 2.75) is 19.4 Å². The minimum Gasteiger partial charge on any atom is -0.480 e. The maximum Gasteiger partial charge on any atom is 0.326 e. The van der Waals surface area contributed by atoms with Crippen LogP contribution in [0.4, 0.5) is 0 Å². The number of carbonyl (C=O) groups excluding carboxylic acids is 1. The highest BCUT2D eigenvalue weighted by Gasteiger charge is 2.27. The lowest BCUT2D eigenvalue weighted by atomic mass is 9.98. The van der Waals surface area contributed by atoms with Crippen LogP contribution in [0.2, 0.25) is 0 Å². The van der Waals surface area contributed by atoms with Crippen LogP contribution >= 0.6 is 0 Å². The summed E-state index contributed by atoms with van der Waals surface area (Å²) >= 11 is 0. The predicted octanol–water partition coefficient (Wildman–Crippen LogP) is 2.57. The van der Waals surface area contributed by atoms with Crippen molar-refractivity contribution in [1.82, 2.24) is 5.32 Å². The fourth-order valence-electron chi connectivity index (χ4n) is 2.35. The van der Waals surface area contributed by atoms with E-state index in [1.165, 1.54) is 0 Å². The molecule has 112 valence electrons. The Labute approximate surface area is 128 Å². The van der Waals surface area contributed by atoms with E-state index in [-0.39, 0.29) is 6.42 Å². The van der Waals surface area contributed by atoms with Gasteiger partial charge in [-0.05, 0) is 16.8 Å². The molecule has 0 aliphatic rings. The SMILES string of the molecule is C[C@H](CC#N)[C@@H](NC(=O)c1cccc2ccccc12)C(=O)O. The second-order valence-corrected chi connectivity index (χ2v) is 5.16. The molecule has 0 radical (unpaired) electrons. The summed E-state index contributed by atoms with van der Waals surface area (Å²) < 4.78 is 0. The molecule has 2 aromatic rings. The molecule has 0 fully saturated rings. The summed E-state index contributed by atoms with van der Waals surface area (Å²) in [4.78, 5) is 23.7. The average Bonchev–Trinajstić information content (AvgIpc) is 2.51. The molecular weight excluding hydrogens is 280 g/mol. The number of benzene rings is 2. The minimum atomic E-state index is -1.14. The molecule has 0 unspecified atom stereocenters. The predicted molar refractivity (Wildman–Crippen MR) is 82.2 cm³/mol. The molecule has 1 amide bonds. The number of carboxylic acids is 1. The van der Waals surface area contributed by atoms with Crippen LogP contribution < -0.4 is 5.32 Å². The number of nitrogens with one attached hydrogen (secondary N) is 1. The second-order valence-electron chi connectivity index (χ2n) is 5.16. The van der Waals surface area contributed by atoms with Gasteiger partial charge in [-0.25, -0.2) is 4.79 Å². The molecule has 2 aromatic carbocycles. The summed E-state index contributed by atoms with van der Waals surface area (Å²) in [5.74, 6) is -2.06. The second kappa shape index (κ2) is 6.72. The van der Waals surface area contributed by atoms with Gasteiger partial charge in [-0.2, -0.15) is 5.26 Å². The number of rotatable bonds is 5. The van der Waals surface area contributed by atoms with Crippen molar-refractivity contribution in [2.24, 2.45) is 5.92 Å². The standard InChI is InChI=1S/C17H16N2O3/c1-11(9-10-18)15(17(21)22)19-16(20)14-8-4-6-12-5-2-3-7-13(12)14/h2-8,11,15H,9H2,1H3,(H,19,20)(H,21,22)/t11-,15-/m1/s1. The van der Waals surface area contributed by atoms with Gasteiger partial charge in [0.2, 0.25) is 0 Å². The Morgan fingerprint density at radius 1 is 1.23 bits per heavy atom. The first-order valence-corrected chi connectivity index (χ1v) is 6.93. The molecule has 0 spiro atoms. The normalized spacial score (nSPS) is 13.1. The molecule has 2 rings (SSSR count). The summed E-state index contributed by atoms with van der Waals surface area (Å²) in [6, 6.07) is 13.5. The third-order valence-corrected chi connectivity index (χ3v) is 3.57. The first kappa shape index (κ1) is 15.5. The van der Waals surface area contributed by atoms with Gasteiger partial charge in [-0.3, -0.25) is 4.79 Å². The Morgan fingerprint density at radius 3 is 2.59 bits per heavy atom. The molecule has 0 heterocycles. The number of fused-ring (bicyclic) bond motifs is 1. The largest absolute Gasteiger partial charge is 0.480 e. The fraction of sp³-hybridized carbons (Fsp3) is 0.235. The van der Waals surface area contributed by atoms with Crippen molar-refractivity contribution in [1.29, 1.82) is 5.26 Å². The first-order chi connectivity index (χ1) is 10.5. The molecule has 0 saturated heterocycles. The lowest BCUT2D eigenvalue weighted by molar-refractivity contribution is -0.140. The van der Waals surface area contributed by atoms with Crippen molar-refractivity contribution >= 4 is 22.6 Å².